The molecule has 4 nitrogen and oxygen atoms in total. The number of aliphatic hydroxyl groups excluding tert-OH is 1. The lowest BCUT2D eigenvalue weighted by molar-refractivity contribution is -0.0366. The quantitative estimate of drug-likeness (QED) is 0.915. The molecule has 21 heavy (non-hydrogen) atoms. The summed E-state index contributed by atoms with van der Waals surface area (Å²) < 4.78 is 8.85. The van der Waals surface area contributed by atoms with Crippen molar-refractivity contribution in [3.63, 3.8) is 0 Å². The van der Waals surface area contributed by atoms with Crippen molar-refractivity contribution >= 4 is 32.9 Å². The Balaban J connectivity index is 2.08. The Hall–Kier alpha value is -1.17. The summed E-state index contributed by atoms with van der Waals surface area (Å²) in [7, 11) is 0. The normalized spacial score (nSPS) is 19.7. The number of nitrogens with zero attached hydrogens (tertiary/aromatic N) is 2. The van der Waals surface area contributed by atoms with Gasteiger partial charge in [0.05, 0.1) is 18.3 Å². The van der Waals surface area contributed by atoms with Crippen LogP contribution in [0.2, 0.25) is 0 Å². The third-order valence-electron chi connectivity index (χ3n) is 3.90. The Labute approximate surface area is 132 Å². The van der Waals surface area contributed by atoms with Gasteiger partial charge in [0.2, 0.25) is 0 Å². The molecule has 0 aliphatic carbocycles. The first-order valence-electron chi connectivity index (χ1n) is 7.27. The number of rotatable bonds is 3. The highest BCUT2D eigenvalue weighted by Gasteiger charge is 2.20. The maximum atomic E-state index is 8.96. The molecule has 1 N–H and O–H groups in total. The van der Waals surface area contributed by atoms with Crippen molar-refractivity contribution in [3.8, 4) is 0 Å². The summed E-state index contributed by atoms with van der Waals surface area (Å²) in [4.78, 5) is 0. The average molecular weight is 351 g/mol. The van der Waals surface area contributed by atoms with E-state index in [1.54, 1.807) is 6.08 Å². The van der Waals surface area contributed by atoms with Crippen molar-refractivity contribution in [2.45, 2.75) is 32.4 Å². The fraction of sp³-hybridized carbons (Fsp3) is 0.438. The number of benzene rings is 1. The zero-order valence-electron chi connectivity index (χ0n) is 12.1. The van der Waals surface area contributed by atoms with E-state index in [2.05, 4.69) is 34.0 Å². The Morgan fingerprint density at radius 3 is 3.10 bits per heavy atom. The van der Waals surface area contributed by atoms with Gasteiger partial charge in [0.15, 0.2) is 6.23 Å². The summed E-state index contributed by atoms with van der Waals surface area (Å²) in [6, 6.07) is 2.14. The third kappa shape index (κ3) is 2.78. The zero-order chi connectivity index (χ0) is 14.8. The summed E-state index contributed by atoms with van der Waals surface area (Å²) in [5.41, 5.74) is 3.32. The van der Waals surface area contributed by atoms with Crippen LogP contribution >= 0.6 is 15.9 Å². The van der Waals surface area contributed by atoms with Gasteiger partial charge in [-0.25, -0.2) is 4.68 Å². The van der Waals surface area contributed by atoms with Crippen LogP contribution in [0.25, 0.3) is 17.0 Å². The van der Waals surface area contributed by atoms with Crippen LogP contribution in [0.1, 0.15) is 36.6 Å². The number of aromatic nitrogens is 2. The van der Waals surface area contributed by atoms with Crippen LogP contribution in [-0.4, -0.2) is 28.1 Å². The number of aliphatic hydroxyl groups is 1. The second kappa shape index (κ2) is 6.30. The second-order valence-electron chi connectivity index (χ2n) is 5.35. The molecule has 1 aliphatic heterocycles. The lowest BCUT2D eigenvalue weighted by Gasteiger charge is -2.23. The predicted octanol–water partition coefficient (Wildman–Crippen LogP) is 3.81. The number of aryl methyl sites for hydroxylation is 1. The van der Waals surface area contributed by atoms with Gasteiger partial charge in [0.1, 0.15) is 0 Å². The number of hydrogen-bond acceptors (Lipinski definition) is 3. The van der Waals surface area contributed by atoms with Crippen molar-refractivity contribution in [2.24, 2.45) is 0 Å². The monoisotopic (exact) mass is 350 g/mol. The molecule has 3 rings (SSSR count). The van der Waals surface area contributed by atoms with Crippen LogP contribution in [0.15, 0.2) is 22.8 Å². The van der Waals surface area contributed by atoms with E-state index >= 15 is 0 Å². The second-order valence-corrected chi connectivity index (χ2v) is 6.14. The lowest BCUT2D eigenvalue weighted by atomic mass is 10.1. The van der Waals surface area contributed by atoms with Gasteiger partial charge in [-0.1, -0.05) is 12.2 Å². The molecule has 1 aliphatic rings. The van der Waals surface area contributed by atoms with Gasteiger partial charge in [-0.2, -0.15) is 5.10 Å². The molecule has 0 amide bonds. The molecule has 112 valence electrons. The summed E-state index contributed by atoms with van der Waals surface area (Å²) in [5.74, 6) is 0. The van der Waals surface area contributed by atoms with Crippen molar-refractivity contribution in [1.29, 1.82) is 0 Å². The predicted molar refractivity (Wildman–Crippen MR) is 87.1 cm³/mol. The van der Waals surface area contributed by atoms with Crippen LogP contribution in [0.3, 0.4) is 0 Å². The minimum Gasteiger partial charge on any atom is -0.392 e. The average Bonchev–Trinajstić information content (AvgIpc) is 2.92. The van der Waals surface area contributed by atoms with Gasteiger partial charge >= 0.3 is 0 Å². The van der Waals surface area contributed by atoms with E-state index in [1.165, 1.54) is 6.42 Å². The van der Waals surface area contributed by atoms with E-state index in [-0.39, 0.29) is 12.8 Å². The summed E-state index contributed by atoms with van der Waals surface area (Å²) in [6.45, 7) is 2.92. The summed E-state index contributed by atoms with van der Waals surface area (Å²) in [5, 5.41) is 14.6. The number of hydrogen-bond donors (Lipinski definition) is 1. The Morgan fingerprint density at radius 2 is 2.38 bits per heavy atom. The van der Waals surface area contributed by atoms with Crippen molar-refractivity contribution in [1.82, 2.24) is 9.78 Å². The first kappa shape index (κ1) is 14.8. The number of halogens is 1. The van der Waals surface area contributed by atoms with Gasteiger partial charge in [-0.3, -0.25) is 0 Å². The van der Waals surface area contributed by atoms with Gasteiger partial charge in [0, 0.05) is 16.5 Å². The first-order valence-corrected chi connectivity index (χ1v) is 8.07. The van der Waals surface area contributed by atoms with Crippen molar-refractivity contribution < 1.29 is 9.84 Å². The number of fused-ring (bicyclic) bond motifs is 1. The molecule has 0 spiro atoms. The first-order chi connectivity index (χ1) is 10.2. The molecule has 0 bridgehead atoms. The zero-order valence-corrected chi connectivity index (χ0v) is 13.6. The lowest BCUT2D eigenvalue weighted by Crippen LogP contribution is -2.19. The molecule has 2 aromatic rings. The van der Waals surface area contributed by atoms with Crippen molar-refractivity contribution in [2.75, 3.05) is 13.2 Å². The molecule has 1 unspecified atom stereocenters. The Kier molecular flexibility index (Phi) is 4.42. The molecule has 1 atom stereocenters. The summed E-state index contributed by atoms with van der Waals surface area (Å²) in [6.07, 6.45) is 8.94. The Bertz CT molecular complexity index is 672. The standard InChI is InChI=1S/C16H19BrN2O2/c1-11-9-14-13(16(17)12(11)5-4-7-20)10-18-19(14)15-6-2-3-8-21-15/h4-5,9-10,15,20H,2-3,6-8H2,1H3/b5-4-. The largest absolute Gasteiger partial charge is 0.392 e. The van der Waals surface area contributed by atoms with E-state index < -0.39 is 0 Å². The maximum absolute atomic E-state index is 8.96. The molecule has 1 aromatic heterocycles. The van der Waals surface area contributed by atoms with Crippen LogP contribution in [0.5, 0.6) is 0 Å². The molecule has 1 fully saturated rings. The smallest absolute Gasteiger partial charge is 0.150 e. The Morgan fingerprint density at radius 1 is 1.52 bits per heavy atom. The fourth-order valence-electron chi connectivity index (χ4n) is 2.81. The highest BCUT2D eigenvalue weighted by Crippen LogP contribution is 2.34. The highest BCUT2D eigenvalue weighted by atomic mass is 79.9. The van der Waals surface area contributed by atoms with E-state index in [0.717, 1.165) is 46.0 Å². The molecule has 2 heterocycles. The van der Waals surface area contributed by atoms with Crippen LogP contribution in [-0.2, 0) is 4.74 Å². The minimum atomic E-state index is 0.0408. The maximum Gasteiger partial charge on any atom is 0.150 e. The van der Waals surface area contributed by atoms with Crippen LogP contribution in [0, 0.1) is 6.92 Å². The van der Waals surface area contributed by atoms with Gasteiger partial charge in [-0.05, 0) is 59.3 Å². The topological polar surface area (TPSA) is 47.3 Å². The van der Waals surface area contributed by atoms with Crippen molar-refractivity contribution in [3.05, 3.63) is 33.9 Å². The molecule has 5 heteroatoms. The molecule has 0 radical (unpaired) electrons. The highest BCUT2D eigenvalue weighted by molar-refractivity contribution is 9.10. The minimum absolute atomic E-state index is 0.0408. The van der Waals surface area contributed by atoms with E-state index in [9.17, 15) is 0 Å². The van der Waals surface area contributed by atoms with E-state index in [0.29, 0.717) is 0 Å². The third-order valence-corrected chi connectivity index (χ3v) is 4.76. The molecule has 1 aromatic carbocycles. The van der Waals surface area contributed by atoms with E-state index in [4.69, 9.17) is 9.84 Å². The molecule has 0 saturated carbocycles. The molecular formula is C16H19BrN2O2. The SMILES string of the molecule is Cc1cc2c(cnn2C2CCCCO2)c(Br)c1/C=C\CO. The van der Waals surface area contributed by atoms with Crippen LogP contribution in [0.4, 0.5) is 0 Å². The van der Waals surface area contributed by atoms with Crippen LogP contribution < -0.4 is 0 Å². The van der Waals surface area contributed by atoms with Gasteiger partial charge in [0.25, 0.3) is 0 Å². The van der Waals surface area contributed by atoms with E-state index in [1.807, 2.05) is 17.0 Å². The van der Waals surface area contributed by atoms with Gasteiger partial charge in [-0.15, -0.1) is 0 Å². The fourth-order valence-corrected chi connectivity index (χ4v) is 3.56. The van der Waals surface area contributed by atoms with Gasteiger partial charge < -0.3 is 9.84 Å². The number of ether oxygens (including phenoxy) is 1. The summed E-state index contributed by atoms with van der Waals surface area (Å²) >= 11 is 3.67. The molecular weight excluding hydrogens is 332 g/mol. The molecule has 1 saturated heterocycles.